The van der Waals surface area contributed by atoms with Crippen molar-refractivity contribution < 1.29 is 14.6 Å². The van der Waals surface area contributed by atoms with E-state index >= 15 is 0 Å². The third-order valence-electron chi connectivity index (χ3n) is 4.66. The SMILES string of the molecule is CCN(CC1CC1)C1CC2(CCC1O)OCCO2. The molecule has 18 heavy (non-hydrogen) atoms. The second-order valence-electron chi connectivity index (χ2n) is 6.02. The molecule has 3 aliphatic rings. The predicted molar refractivity (Wildman–Crippen MR) is 68.3 cm³/mol. The molecular weight excluding hydrogens is 230 g/mol. The molecule has 0 aromatic rings. The van der Waals surface area contributed by atoms with Crippen molar-refractivity contribution in [2.45, 2.75) is 57.0 Å². The summed E-state index contributed by atoms with van der Waals surface area (Å²) in [5.41, 5.74) is 0. The molecule has 0 bridgehead atoms. The van der Waals surface area contributed by atoms with Gasteiger partial charge in [-0.05, 0) is 31.7 Å². The van der Waals surface area contributed by atoms with Gasteiger partial charge in [0.2, 0.25) is 0 Å². The van der Waals surface area contributed by atoms with Gasteiger partial charge in [0.05, 0.1) is 19.3 Å². The van der Waals surface area contributed by atoms with Gasteiger partial charge in [0.15, 0.2) is 5.79 Å². The molecule has 0 aromatic carbocycles. The molecule has 1 aliphatic heterocycles. The number of likely N-dealkylation sites (N-methyl/N-ethyl adjacent to an activating group) is 1. The number of ether oxygens (including phenoxy) is 2. The minimum atomic E-state index is -0.388. The Kier molecular flexibility index (Phi) is 3.63. The summed E-state index contributed by atoms with van der Waals surface area (Å²) < 4.78 is 11.6. The molecule has 2 saturated carbocycles. The topological polar surface area (TPSA) is 41.9 Å². The maximum Gasteiger partial charge on any atom is 0.170 e. The molecule has 4 nitrogen and oxygen atoms in total. The van der Waals surface area contributed by atoms with E-state index in [4.69, 9.17) is 9.47 Å². The van der Waals surface area contributed by atoms with Crippen molar-refractivity contribution in [3.05, 3.63) is 0 Å². The maximum absolute atomic E-state index is 10.3. The highest BCUT2D eigenvalue weighted by Crippen LogP contribution is 2.39. The van der Waals surface area contributed by atoms with E-state index in [2.05, 4.69) is 11.8 Å². The highest BCUT2D eigenvalue weighted by Gasteiger charge is 2.46. The lowest BCUT2D eigenvalue weighted by molar-refractivity contribution is -0.205. The molecule has 3 fully saturated rings. The molecule has 0 radical (unpaired) electrons. The van der Waals surface area contributed by atoms with E-state index in [0.29, 0.717) is 13.2 Å². The Balaban J connectivity index is 1.66. The van der Waals surface area contributed by atoms with Crippen molar-refractivity contribution in [3.8, 4) is 0 Å². The molecule has 1 N–H and O–H groups in total. The van der Waals surface area contributed by atoms with Crippen LogP contribution in [0.15, 0.2) is 0 Å². The van der Waals surface area contributed by atoms with Gasteiger partial charge in [0, 0.05) is 25.4 Å². The Morgan fingerprint density at radius 2 is 1.94 bits per heavy atom. The van der Waals surface area contributed by atoms with E-state index in [1.165, 1.54) is 12.8 Å². The standard InChI is InChI=1S/C14H25NO3/c1-2-15(10-11-3-4-11)12-9-14(6-5-13(12)16)17-7-8-18-14/h11-13,16H,2-10H2,1H3. The van der Waals surface area contributed by atoms with E-state index in [0.717, 1.165) is 38.3 Å². The first-order valence-corrected chi connectivity index (χ1v) is 7.42. The molecular formula is C14H25NO3. The van der Waals surface area contributed by atoms with Crippen LogP contribution in [0.2, 0.25) is 0 Å². The first-order valence-electron chi connectivity index (χ1n) is 7.42. The van der Waals surface area contributed by atoms with Gasteiger partial charge in [-0.25, -0.2) is 0 Å². The summed E-state index contributed by atoms with van der Waals surface area (Å²) in [5.74, 6) is 0.473. The van der Waals surface area contributed by atoms with Crippen molar-refractivity contribution in [2.75, 3.05) is 26.3 Å². The third kappa shape index (κ3) is 2.57. The normalized spacial score (nSPS) is 35.5. The van der Waals surface area contributed by atoms with Crippen LogP contribution in [0.4, 0.5) is 0 Å². The van der Waals surface area contributed by atoms with Crippen LogP contribution in [0.3, 0.4) is 0 Å². The van der Waals surface area contributed by atoms with Crippen LogP contribution in [-0.4, -0.2) is 54.2 Å². The van der Waals surface area contributed by atoms with Crippen LogP contribution in [0.5, 0.6) is 0 Å². The van der Waals surface area contributed by atoms with Crippen LogP contribution in [-0.2, 0) is 9.47 Å². The van der Waals surface area contributed by atoms with E-state index in [1.807, 2.05) is 0 Å². The molecule has 2 aliphatic carbocycles. The van der Waals surface area contributed by atoms with E-state index in [9.17, 15) is 5.11 Å². The lowest BCUT2D eigenvalue weighted by Crippen LogP contribution is -2.53. The van der Waals surface area contributed by atoms with Gasteiger partial charge in [0.25, 0.3) is 0 Å². The molecule has 1 spiro atoms. The monoisotopic (exact) mass is 255 g/mol. The van der Waals surface area contributed by atoms with Gasteiger partial charge in [-0.3, -0.25) is 4.90 Å². The Morgan fingerprint density at radius 3 is 2.56 bits per heavy atom. The summed E-state index contributed by atoms with van der Waals surface area (Å²) >= 11 is 0. The van der Waals surface area contributed by atoms with Gasteiger partial charge in [-0.1, -0.05) is 6.92 Å². The van der Waals surface area contributed by atoms with Crippen molar-refractivity contribution in [2.24, 2.45) is 5.92 Å². The molecule has 0 aromatic heterocycles. The Hall–Kier alpha value is -0.160. The Bertz CT molecular complexity index is 287. The highest BCUT2D eigenvalue weighted by atomic mass is 16.7. The Labute approximate surface area is 109 Å². The van der Waals surface area contributed by atoms with Crippen LogP contribution in [0.25, 0.3) is 0 Å². The van der Waals surface area contributed by atoms with Crippen molar-refractivity contribution in [1.29, 1.82) is 0 Å². The largest absolute Gasteiger partial charge is 0.391 e. The average Bonchev–Trinajstić information content (AvgIpc) is 3.09. The number of aliphatic hydroxyl groups excluding tert-OH is 1. The van der Waals surface area contributed by atoms with Crippen LogP contribution in [0.1, 0.15) is 39.0 Å². The second-order valence-corrected chi connectivity index (χ2v) is 6.02. The number of hydrogen-bond donors (Lipinski definition) is 1. The molecule has 104 valence electrons. The van der Waals surface area contributed by atoms with Gasteiger partial charge >= 0.3 is 0 Å². The number of aliphatic hydroxyl groups is 1. The lowest BCUT2D eigenvalue weighted by atomic mass is 9.86. The van der Waals surface area contributed by atoms with Gasteiger partial charge < -0.3 is 14.6 Å². The average molecular weight is 255 g/mol. The molecule has 1 saturated heterocycles. The zero-order chi connectivity index (χ0) is 12.6. The van der Waals surface area contributed by atoms with Crippen LogP contribution >= 0.6 is 0 Å². The molecule has 1 heterocycles. The predicted octanol–water partition coefficient (Wildman–Crippen LogP) is 1.37. The summed E-state index contributed by atoms with van der Waals surface area (Å²) in [6, 6.07) is 0.211. The Morgan fingerprint density at radius 1 is 1.22 bits per heavy atom. The fraction of sp³-hybridized carbons (Fsp3) is 1.00. The van der Waals surface area contributed by atoms with Gasteiger partial charge in [-0.15, -0.1) is 0 Å². The second kappa shape index (κ2) is 5.08. The molecule has 0 amide bonds. The van der Waals surface area contributed by atoms with Crippen LogP contribution < -0.4 is 0 Å². The summed E-state index contributed by atoms with van der Waals surface area (Å²) in [7, 11) is 0. The number of rotatable bonds is 4. The summed E-state index contributed by atoms with van der Waals surface area (Å²) in [5, 5.41) is 10.3. The van der Waals surface area contributed by atoms with E-state index in [1.54, 1.807) is 0 Å². The summed E-state index contributed by atoms with van der Waals surface area (Å²) in [6.07, 6.45) is 4.96. The van der Waals surface area contributed by atoms with Crippen molar-refractivity contribution >= 4 is 0 Å². The highest BCUT2D eigenvalue weighted by molar-refractivity contribution is 4.94. The first-order chi connectivity index (χ1) is 8.72. The quantitative estimate of drug-likeness (QED) is 0.824. The smallest absolute Gasteiger partial charge is 0.170 e. The minimum Gasteiger partial charge on any atom is -0.391 e. The van der Waals surface area contributed by atoms with Crippen molar-refractivity contribution in [3.63, 3.8) is 0 Å². The molecule has 3 rings (SSSR count). The molecule has 2 unspecified atom stereocenters. The number of nitrogens with zero attached hydrogens (tertiary/aromatic N) is 1. The van der Waals surface area contributed by atoms with Gasteiger partial charge in [-0.2, -0.15) is 0 Å². The summed E-state index contributed by atoms with van der Waals surface area (Å²) in [4.78, 5) is 2.44. The minimum absolute atomic E-state index is 0.211. The zero-order valence-corrected chi connectivity index (χ0v) is 11.3. The van der Waals surface area contributed by atoms with E-state index in [-0.39, 0.29) is 17.9 Å². The molecule has 4 heteroatoms. The van der Waals surface area contributed by atoms with Gasteiger partial charge in [0.1, 0.15) is 0 Å². The number of hydrogen-bond acceptors (Lipinski definition) is 4. The first kappa shape index (κ1) is 12.9. The zero-order valence-electron chi connectivity index (χ0n) is 11.3. The summed E-state index contributed by atoms with van der Waals surface area (Å²) in [6.45, 7) is 5.74. The molecule has 2 atom stereocenters. The fourth-order valence-corrected chi connectivity index (χ4v) is 3.38. The lowest BCUT2D eigenvalue weighted by Gasteiger charge is -2.44. The maximum atomic E-state index is 10.3. The van der Waals surface area contributed by atoms with Crippen molar-refractivity contribution in [1.82, 2.24) is 4.90 Å². The third-order valence-corrected chi connectivity index (χ3v) is 4.66. The fourth-order valence-electron chi connectivity index (χ4n) is 3.38. The van der Waals surface area contributed by atoms with E-state index < -0.39 is 0 Å². The van der Waals surface area contributed by atoms with Crippen LogP contribution in [0, 0.1) is 5.92 Å².